The van der Waals surface area contributed by atoms with Gasteiger partial charge in [-0.05, 0) is 58.2 Å². The number of nitrogens with one attached hydrogen (secondary N) is 2. The molecule has 7 heteroatoms. The van der Waals surface area contributed by atoms with Gasteiger partial charge in [0.25, 0.3) is 0 Å². The maximum absolute atomic E-state index is 10.9. The Bertz CT molecular complexity index is 627. The molecular weight excluding hydrogens is 479 g/mol. The second-order valence-corrected chi connectivity index (χ2v) is 8.22. The number of hydrogen-bond acceptors (Lipinski definition) is 4. The molecule has 3 rings (SSSR count). The minimum atomic E-state index is -0.991. The van der Waals surface area contributed by atoms with Crippen LogP contribution in [0.25, 0.3) is 0 Å². The number of hydrogen-bond donors (Lipinski definition) is 3. The van der Waals surface area contributed by atoms with Crippen LogP contribution in [0.15, 0.2) is 35.3 Å². The smallest absolute Gasteiger partial charge is 0.191 e. The third kappa shape index (κ3) is 6.54. The average molecular weight is 516 g/mol. The van der Waals surface area contributed by atoms with Crippen molar-refractivity contribution in [3.05, 3.63) is 35.9 Å². The maximum atomic E-state index is 10.9. The van der Waals surface area contributed by atoms with Crippen molar-refractivity contribution < 1.29 is 9.84 Å². The van der Waals surface area contributed by atoms with Gasteiger partial charge in [0.2, 0.25) is 0 Å². The highest BCUT2D eigenvalue weighted by molar-refractivity contribution is 14.0. The molecule has 0 aliphatic carbocycles. The van der Waals surface area contributed by atoms with Gasteiger partial charge in [-0.25, -0.2) is 4.99 Å². The summed E-state index contributed by atoms with van der Waals surface area (Å²) in [5.74, 6) is 0.767. The second kappa shape index (κ2) is 11.5. The molecule has 164 valence electrons. The van der Waals surface area contributed by atoms with Gasteiger partial charge in [0.1, 0.15) is 5.60 Å². The van der Waals surface area contributed by atoms with Crippen LogP contribution in [0.3, 0.4) is 0 Å². The lowest BCUT2D eigenvalue weighted by molar-refractivity contribution is -0.0164. The van der Waals surface area contributed by atoms with Crippen molar-refractivity contribution in [1.29, 1.82) is 0 Å². The minimum Gasteiger partial charge on any atom is -0.384 e. The molecule has 2 saturated heterocycles. The number of guanidine groups is 1. The molecule has 0 aromatic heterocycles. The zero-order valence-electron chi connectivity index (χ0n) is 17.8. The highest BCUT2D eigenvalue weighted by Gasteiger charge is 2.39. The van der Waals surface area contributed by atoms with Crippen molar-refractivity contribution in [2.24, 2.45) is 4.99 Å². The van der Waals surface area contributed by atoms with E-state index < -0.39 is 5.60 Å². The van der Waals surface area contributed by atoms with Crippen LogP contribution in [-0.4, -0.2) is 67.4 Å². The second-order valence-electron chi connectivity index (χ2n) is 8.22. The summed E-state index contributed by atoms with van der Waals surface area (Å²) in [5, 5.41) is 17.8. The molecule has 3 N–H and O–H groups in total. The summed E-state index contributed by atoms with van der Waals surface area (Å²) < 4.78 is 5.65. The first-order valence-electron chi connectivity index (χ1n) is 10.7. The molecule has 1 atom stereocenters. The van der Waals surface area contributed by atoms with Crippen LogP contribution in [0, 0.1) is 0 Å². The molecule has 1 aromatic rings. The van der Waals surface area contributed by atoms with E-state index >= 15 is 0 Å². The fourth-order valence-corrected chi connectivity index (χ4v) is 4.26. The van der Waals surface area contributed by atoms with Crippen LogP contribution < -0.4 is 10.6 Å². The van der Waals surface area contributed by atoms with Gasteiger partial charge in [-0.3, -0.25) is 4.90 Å². The SMILES string of the molecule is CCNC(=NCC(C)(O)c1ccccc1)NCC1(N2CCCC2)CCOCC1.I. The van der Waals surface area contributed by atoms with E-state index in [4.69, 9.17) is 9.73 Å². The van der Waals surface area contributed by atoms with E-state index in [9.17, 15) is 5.11 Å². The van der Waals surface area contributed by atoms with Gasteiger partial charge < -0.3 is 20.5 Å². The summed E-state index contributed by atoms with van der Waals surface area (Å²) in [7, 11) is 0. The molecule has 0 amide bonds. The van der Waals surface area contributed by atoms with Crippen molar-refractivity contribution in [3.63, 3.8) is 0 Å². The first-order valence-corrected chi connectivity index (χ1v) is 10.7. The van der Waals surface area contributed by atoms with E-state index in [1.54, 1.807) is 0 Å². The van der Waals surface area contributed by atoms with Gasteiger partial charge in [-0.1, -0.05) is 30.3 Å². The lowest BCUT2D eigenvalue weighted by Crippen LogP contribution is -2.58. The summed E-state index contributed by atoms with van der Waals surface area (Å²) in [4.78, 5) is 7.34. The van der Waals surface area contributed by atoms with Crippen LogP contribution in [0.2, 0.25) is 0 Å². The molecular formula is C22H37IN4O2. The molecule has 0 bridgehead atoms. The average Bonchev–Trinajstić information content (AvgIpc) is 3.27. The van der Waals surface area contributed by atoms with Crippen molar-refractivity contribution in [2.75, 3.05) is 45.9 Å². The molecule has 1 aromatic carbocycles. The quantitative estimate of drug-likeness (QED) is 0.296. The van der Waals surface area contributed by atoms with Crippen molar-refractivity contribution in [3.8, 4) is 0 Å². The maximum Gasteiger partial charge on any atom is 0.191 e. The summed E-state index contributed by atoms with van der Waals surface area (Å²) in [6.07, 6.45) is 4.69. The fraction of sp³-hybridized carbons (Fsp3) is 0.682. The molecule has 29 heavy (non-hydrogen) atoms. The Morgan fingerprint density at radius 3 is 2.45 bits per heavy atom. The van der Waals surface area contributed by atoms with Crippen LogP contribution in [-0.2, 0) is 10.3 Å². The Hall–Kier alpha value is -0.900. The van der Waals surface area contributed by atoms with E-state index in [-0.39, 0.29) is 29.5 Å². The Morgan fingerprint density at radius 2 is 1.83 bits per heavy atom. The van der Waals surface area contributed by atoms with Crippen LogP contribution in [0.1, 0.15) is 45.1 Å². The number of aliphatic imine (C=N–C) groups is 1. The van der Waals surface area contributed by atoms with E-state index in [0.717, 1.165) is 50.7 Å². The van der Waals surface area contributed by atoms with Crippen LogP contribution in [0.4, 0.5) is 0 Å². The predicted molar refractivity (Wildman–Crippen MR) is 129 cm³/mol. The summed E-state index contributed by atoms with van der Waals surface area (Å²) >= 11 is 0. The first kappa shape index (κ1) is 24.4. The zero-order valence-corrected chi connectivity index (χ0v) is 20.2. The van der Waals surface area contributed by atoms with Gasteiger partial charge >= 0.3 is 0 Å². The number of rotatable bonds is 7. The lowest BCUT2D eigenvalue weighted by atomic mass is 9.88. The monoisotopic (exact) mass is 516 g/mol. The Labute approximate surface area is 192 Å². The van der Waals surface area contributed by atoms with E-state index in [0.29, 0.717) is 6.54 Å². The van der Waals surface area contributed by atoms with Gasteiger partial charge in [0, 0.05) is 31.8 Å². The molecule has 0 spiro atoms. The Balaban J connectivity index is 0.00000300. The summed E-state index contributed by atoms with van der Waals surface area (Å²) in [6, 6.07) is 9.74. The Morgan fingerprint density at radius 1 is 1.17 bits per heavy atom. The molecule has 0 saturated carbocycles. The minimum absolute atomic E-state index is 0. The first-order chi connectivity index (χ1) is 13.6. The molecule has 0 radical (unpaired) electrons. The van der Waals surface area contributed by atoms with E-state index in [1.165, 1.54) is 25.9 Å². The van der Waals surface area contributed by atoms with Crippen molar-refractivity contribution in [1.82, 2.24) is 15.5 Å². The van der Waals surface area contributed by atoms with Gasteiger partial charge in [0.15, 0.2) is 5.96 Å². The Kier molecular flexibility index (Phi) is 9.65. The standard InChI is InChI=1S/C22H36N4O2.HI/c1-3-23-20(24-17-21(2,27)19-9-5-4-6-10-19)25-18-22(11-15-28-16-12-22)26-13-7-8-14-26;/h4-6,9-10,27H,3,7-8,11-18H2,1-2H3,(H2,23,24,25);1H. The number of aliphatic hydroxyl groups is 1. The number of halogens is 1. The molecule has 2 aliphatic rings. The normalized spacial score (nSPS) is 21.8. The van der Waals surface area contributed by atoms with Crippen LogP contribution >= 0.6 is 24.0 Å². The van der Waals surface area contributed by atoms with Crippen molar-refractivity contribution in [2.45, 2.75) is 50.7 Å². The largest absolute Gasteiger partial charge is 0.384 e. The molecule has 6 nitrogen and oxygen atoms in total. The molecule has 2 fully saturated rings. The third-order valence-electron chi connectivity index (χ3n) is 6.07. The van der Waals surface area contributed by atoms with Crippen LogP contribution in [0.5, 0.6) is 0 Å². The summed E-state index contributed by atoms with van der Waals surface area (Å²) in [6.45, 7) is 9.86. The van der Waals surface area contributed by atoms with Gasteiger partial charge in [-0.15, -0.1) is 24.0 Å². The topological polar surface area (TPSA) is 69.1 Å². The highest BCUT2D eigenvalue weighted by atomic mass is 127. The summed E-state index contributed by atoms with van der Waals surface area (Å²) in [5.41, 5.74) is 0.0366. The molecule has 2 aliphatic heterocycles. The molecule has 1 unspecified atom stereocenters. The van der Waals surface area contributed by atoms with Gasteiger partial charge in [0.05, 0.1) is 6.54 Å². The number of likely N-dealkylation sites (tertiary alicyclic amines) is 1. The molecule has 2 heterocycles. The van der Waals surface area contributed by atoms with Crippen molar-refractivity contribution >= 4 is 29.9 Å². The number of nitrogens with zero attached hydrogens (tertiary/aromatic N) is 2. The lowest BCUT2D eigenvalue weighted by Gasteiger charge is -2.45. The van der Waals surface area contributed by atoms with E-state index in [2.05, 4.69) is 22.5 Å². The highest BCUT2D eigenvalue weighted by Crippen LogP contribution is 2.30. The number of benzene rings is 1. The zero-order chi connectivity index (χ0) is 19.9. The van der Waals surface area contributed by atoms with Gasteiger partial charge in [-0.2, -0.15) is 0 Å². The fourth-order valence-electron chi connectivity index (χ4n) is 4.26. The third-order valence-corrected chi connectivity index (χ3v) is 6.07. The predicted octanol–water partition coefficient (Wildman–Crippen LogP) is 2.71. The number of ether oxygens (including phenoxy) is 1. The van der Waals surface area contributed by atoms with E-state index in [1.807, 2.05) is 37.3 Å².